The predicted octanol–water partition coefficient (Wildman–Crippen LogP) is 2.61. The number of amides is 1. The Morgan fingerprint density at radius 1 is 1.37 bits per heavy atom. The molecule has 2 aromatic rings. The van der Waals surface area contributed by atoms with Crippen molar-refractivity contribution in [1.29, 1.82) is 0 Å². The molecule has 2 atom stereocenters. The Labute approximate surface area is 116 Å². The molecule has 1 N–H and O–H groups in total. The zero-order valence-corrected chi connectivity index (χ0v) is 11.3. The summed E-state index contributed by atoms with van der Waals surface area (Å²) in [7, 11) is 0. The Bertz CT molecular complexity index is 595. The van der Waals surface area contributed by atoms with E-state index in [9.17, 15) is 4.79 Å². The van der Waals surface area contributed by atoms with Crippen LogP contribution in [0.1, 0.15) is 36.0 Å². The van der Waals surface area contributed by atoms with Gasteiger partial charge < -0.3 is 5.32 Å². The van der Waals surface area contributed by atoms with Crippen molar-refractivity contribution in [2.75, 3.05) is 0 Å². The van der Waals surface area contributed by atoms with Crippen LogP contribution in [0.25, 0.3) is 5.52 Å². The van der Waals surface area contributed by atoms with E-state index in [2.05, 4.69) is 10.4 Å². The molecule has 19 heavy (non-hydrogen) atoms. The highest BCUT2D eigenvalue weighted by atomic mass is 35.5. The van der Waals surface area contributed by atoms with E-state index in [1.807, 2.05) is 24.4 Å². The molecule has 1 fully saturated rings. The first kappa shape index (κ1) is 12.5. The Morgan fingerprint density at radius 3 is 3.05 bits per heavy atom. The summed E-state index contributed by atoms with van der Waals surface area (Å²) in [5.74, 6) is -0.0845. The van der Waals surface area contributed by atoms with Gasteiger partial charge in [0.15, 0.2) is 0 Å². The van der Waals surface area contributed by atoms with Crippen molar-refractivity contribution in [3.05, 3.63) is 36.2 Å². The molecule has 2 heterocycles. The van der Waals surface area contributed by atoms with Gasteiger partial charge in [-0.3, -0.25) is 4.79 Å². The van der Waals surface area contributed by atoms with E-state index in [1.165, 1.54) is 0 Å². The number of aromatic nitrogens is 2. The summed E-state index contributed by atoms with van der Waals surface area (Å²) in [6.45, 7) is 0. The molecular formula is C14H16ClN3O. The van der Waals surface area contributed by atoms with E-state index >= 15 is 0 Å². The Balaban J connectivity index is 1.80. The molecule has 100 valence electrons. The number of nitrogens with zero attached hydrogens (tertiary/aromatic N) is 2. The van der Waals surface area contributed by atoms with Crippen LogP contribution in [-0.2, 0) is 0 Å². The largest absolute Gasteiger partial charge is 0.348 e. The molecule has 0 saturated heterocycles. The summed E-state index contributed by atoms with van der Waals surface area (Å²) in [4.78, 5) is 12.3. The van der Waals surface area contributed by atoms with Gasteiger partial charge in [-0.2, -0.15) is 5.10 Å². The van der Waals surface area contributed by atoms with Gasteiger partial charge in [0.05, 0.1) is 22.7 Å². The van der Waals surface area contributed by atoms with Crippen LogP contribution in [0.15, 0.2) is 30.6 Å². The number of pyridine rings is 1. The van der Waals surface area contributed by atoms with Crippen LogP contribution in [0, 0.1) is 0 Å². The van der Waals surface area contributed by atoms with Crippen LogP contribution in [0.3, 0.4) is 0 Å². The number of alkyl halides is 1. The fraction of sp³-hybridized carbons (Fsp3) is 0.429. The van der Waals surface area contributed by atoms with Crippen molar-refractivity contribution in [2.45, 2.75) is 37.1 Å². The fourth-order valence-corrected chi connectivity index (χ4v) is 2.95. The van der Waals surface area contributed by atoms with E-state index in [4.69, 9.17) is 11.6 Å². The molecule has 1 amide bonds. The molecular weight excluding hydrogens is 262 g/mol. The standard InChI is InChI=1S/C14H16ClN3O/c15-11-5-1-2-6-12(11)17-14(19)10-9-16-18-8-4-3-7-13(10)18/h3-4,7-9,11-12H,1-2,5-6H2,(H,17,19). The van der Waals surface area contributed by atoms with Gasteiger partial charge in [0, 0.05) is 12.2 Å². The first-order valence-corrected chi connectivity index (χ1v) is 7.06. The van der Waals surface area contributed by atoms with Crippen LogP contribution < -0.4 is 5.32 Å². The molecule has 5 heteroatoms. The number of nitrogens with one attached hydrogen (secondary N) is 1. The predicted molar refractivity (Wildman–Crippen MR) is 74.6 cm³/mol. The fourth-order valence-electron chi connectivity index (χ4n) is 2.60. The average Bonchev–Trinajstić information content (AvgIpc) is 2.85. The number of hydrogen-bond donors (Lipinski definition) is 1. The number of fused-ring (bicyclic) bond motifs is 1. The van der Waals surface area contributed by atoms with Crippen LogP contribution in [0.2, 0.25) is 0 Å². The summed E-state index contributed by atoms with van der Waals surface area (Å²) < 4.78 is 1.70. The Morgan fingerprint density at radius 2 is 2.21 bits per heavy atom. The molecule has 2 aromatic heterocycles. The SMILES string of the molecule is O=C(NC1CCCCC1Cl)c1cnn2ccccc12. The van der Waals surface area contributed by atoms with Gasteiger partial charge >= 0.3 is 0 Å². The lowest BCUT2D eigenvalue weighted by Crippen LogP contribution is -2.42. The van der Waals surface area contributed by atoms with E-state index in [-0.39, 0.29) is 17.3 Å². The highest BCUT2D eigenvalue weighted by Crippen LogP contribution is 2.23. The monoisotopic (exact) mass is 277 g/mol. The van der Waals surface area contributed by atoms with E-state index in [0.29, 0.717) is 5.56 Å². The number of carbonyl (C=O) groups excluding carboxylic acids is 1. The minimum atomic E-state index is -0.0845. The highest BCUT2D eigenvalue weighted by Gasteiger charge is 2.25. The van der Waals surface area contributed by atoms with Crippen molar-refractivity contribution in [1.82, 2.24) is 14.9 Å². The minimum Gasteiger partial charge on any atom is -0.348 e. The van der Waals surface area contributed by atoms with Crippen molar-refractivity contribution in [3.8, 4) is 0 Å². The minimum absolute atomic E-state index is 0.0412. The van der Waals surface area contributed by atoms with E-state index in [0.717, 1.165) is 31.2 Å². The summed E-state index contributed by atoms with van der Waals surface area (Å²) in [6.07, 6.45) is 7.65. The smallest absolute Gasteiger partial charge is 0.255 e. The second-order valence-electron chi connectivity index (χ2n) is 4.97. The molecule has 0 bridgehead atoms. The van der Waals surface area contributed by atoms with Crippen molar-refractivity contribution in [2.24, 2.45) is 0 Å². The van der Waals surface area contributed by atoms with Crippen molar-refractivity contribution in [3.63, 3.8) is 0 Å². The van der Waals surface area contributed by atoms with Gasteiger partial charge in [0.2, 0.25) is 0 Å². The third-order valence-corrected chi connectivity index (χ3v) is 4.19. The quantitative estimate of drug-likeness (QED) is 0.858. The second kappa shape index (κ2) is 5.21. The highest BCUT2D eigenvalue weighted by molar-refractivity contribution is 6.21. The molecule has 2 unspecified atom stereocenters. The van der Waals surface area contributed by atoms with Gasteiger partial charge in [-0.15, -0.1) is 11.6 Å². The maximum absolute atomic E-state index is 12.3. The molecule has 1 aliphatic carbocycles. The Kier molecular flexibility index (Phi) is 3.42. The number of carbonyl (C=O) groups is 1. The number of rotatable bonds is 2. The zero-order chi connectivity index (χ0) is 13.2. The zero-order valence-electron chi connectivity index (χ0n) is 10.6. The summed E-state index contributed by atoms with van der Waals surface area (Å²) in [5, 5.41) is 7.25. The van der Waals surface area contributed by atoms with Crippen molar-refractivity contribution >= 4 is 23.0 Å². The molecule has 1 aliphatic rings. The summed E-state index contributed by atoms with van der Waals surface area (Å²) in [5.41, 5.74) is 1.43. The number of halogens is 1. The first-order valence-electron chi connectivity index (χ1n) is 6.63. The van der Waals surface area contributed by atoms with Gasteiger partial charge in [-0.05, 0) is 25.0 Å². The molecule has 0 aromatic carbocycles. The van der Waals surface area contributed by atoms with Crippen LogP contribution in [0.5, 0.6) is 0 Å². The lowest BCUT2D eigenvalue weighted by Gasteiger charge is -2.27. The van der Waals surface area contributed by atoms with Crippen LogP contribution in [-0.4, -0.2) is 26.9 Å². The molecule has 0 aliphatic heterocycles. The number of hydrogen-bond acceptors (Lipinski definition) is 2. The van der Waals surface area contributed by atoms with Crippen LogP contribution in [0.4, 0.5) is 0 Å². The summed E-state index contributed by atoms with van der Waals surface area (Å²) >= 11 is 6.27. The van der Waals surface area contributed by atoms with Gasteiger partial charge in [0.1, 0.15) is 0 Å². The van der Waals surface area contributed by atoms with Gasteiger partial charge in [-0.1, -0.05) is 18.9 Å². The third-order valence-electron chi connectivity index (χ3n) is 3.67. The lowest BCUT2D eigenvalue weighted by molar-refractivity contribution is 0.0930. The Hall–Kier alpha value is -1.55. The van der Waals surface area contributed by atoms with Crippen molar-refractivity contribution < 1.29 is 4.79 Å². The maximum Gasteiger partial charge on any atom is 0.255 e. The molecule has 3 rings (SSSR count). The molecule has 0 spiro atoms. The average molecular weight is 278 g/mol. The maximum atomic E-state index is 12.3. The normalized spacial score (nSPS) is 23.4. The second-order valence-corrected chi connectivity index (χ2v) is 5.53. The lowest BCUT2D eigenvalue weighted by atomic mass is 9.94. The molecule has 4 nitrogen and oxygen atoms in total. The summed E-state index contributed by atoms with van der Waals surface area (Å²) in [6, 6.07) is 5.75. The third kappa shape index (κ3) is 2.45. The molecule has 0 radical (unpaired) electrons. The first-order chi connectivity index (χ1) is 9.25. The molecule has 1 saturated carbocycles. The van der Waals surface area contributed by atoms with E-state index < -0.39 is 0 Å². The van der Waals surface area contributed by atoms with E-state index in [1.54, 1.807) is 10.7 Å². The topological polar surface area (TPSA) is 46.4 Å². The van der Waals surface area contributed by atoms with Gasteiger partial charge in [0.25, 0.3) is 5.91 Å². The van der Waals surface area contributed by atoms with Crippen LogP contribution >= 0.6 is 11.6 Å². The van der Waals surface area contributed by atoms with Gasteiger partial charge in [-0.25, -0.2) is 4.52 Å².